The van der Waals surface area contributed by atoms with Crippen molar-refractivity contribution in [3.63, 3.8) is 0 Å². The molecule has 186 valence electrons. The van der Waals surface area contributed by atoms with E-state index in [0.717, 1.165) is 6.07 Å². The summed E-state index contributed by atoms with van der Waals surface area (Å²) in [4.78, 5) is 38.7. The summed E-state index contributed by atoms with van der Waals surface area (Å²) < 4.78 is 43.2. The van der Waals surface area contributed by atoms with E-state index in [9.17, 15) is 32.9 Å². The number of hydrogen-bond acceptors (Lipinski definition) is 6. The van der Waals surface area contributed by atoms with E-state index in [1.165, 1.54) is 29.2 Å². The summed E-state index contributed by atoms with van der Waals surface area (Å²) in [5, 5.41) is 10.9. The van der Waals surface area contributed by atoms with Crippen molar-refractivity contribution in [1.29, 1.82) is 0 Å². The molecule has 2 fully saturated rings. The Morgan fingerprint density at radius 3 is 2.40 bits per heavy atom. The van der Waals surface area contributed by atoms with E-state index in [-0.39, 0.29) is 45.4 Å². The summed E-state index contributed by atoms with van der Waals surface area (Å²) in [5.74, 6) is -0.363. The van der Waals surface area contributed by atoms with E-state index in [1.807, 2.05) is 0 Å². The molecule has 0 saturated carbocycles. The van der Waals surface area contributed by atoms with Crippen LogP contribution in [0.3, 0.4) is 0 Å². The lowest BCUT2D eigenvalue weighted by Crippen LogP contribution is -2.48. The fourth-order valence-corrected chi connectivity index (χ4v) is 4.97. The van der Waals surface area contributed by atoms with Crippen LogP contribution in [0.1, 0.15) is 28.8 Å². The fraction of sp³-hybridized carbons (Fsp3) is 0.364. The minimum atomic E-state index is -4.37. The Morgan fingerprint density at radius 1 is 1.17 bits per heavy atom. The van der Waals surface area contributed by atoms with Crippen molar-refractivity contribution in [3.8, 4) is 0 Å². The van der Waals surface area contributed by atoms with Crippen LogP contribution in [0.25, 0.3) is 0 Å². The number of halogens is 4. The molecule has 2 aromatic rings. The van der Waals surface area contributed by atoms with Crippen molar-refractivity contribution >= 4 is 41.1 Å². The molecule has 1 spiro atoms. The SMILES string of the molecule is O=C1OC2(CCN(C(=O)c3ccc([N+](=O)[O-])cc3Cl)CC2)CN1Cc1ccc(SC(F)(F)F)cc1. The second kappa shape index (κ2) is 9.57. The first kappa shape index (κ1) is 25.1. The van der Waals surface area contributed by atoms with Crippen LogP contribution in [0.5, 0.6) is 0 Å². The lowest BCUT2D eigenvalue weighted by molar-refractivity contribution is -0.384. The number of likely N-dealkylation sites (tertiary alicyclic amines) is 1. The van der Waals surface area contributed by atoms with Gasteiger partial charge in [-0.05, 0) is 35.5 Å². The number of thioether (sulfide) groups is 1. The molecule has 0 bridgehead atoms. The molecule has 2 amide bonds. The van der Waals surface area contributed by atoms with Crippen LogP contribution in [-0.4, -0.2) is 57.5 Å². The van der Waals surface area contributed by atoms with E-state index in [4.69, 9.17) is 16.3 Å². The number of rotatable bonds is 5. The van der Waals surface area contributed by atoms with Gasteiger partial charge in [0.1, 0.15) is 5.60 Å². The van der Waals surface area contributed by atoms with Gasteiger partial charge in [-0.25, -0.2) is 4.79 Å². The number of nitrogens with zero attached hydrogens (tertiary/aromatic N) is 3. The first-order valence-electron chi connectivity index (χ1n) is 10.5. The summed E-state index contributed by atoms with van der Waals surface area (Å²) in [6.45, 7) is 1.09. The van der Waals surface area contributed by atoms with Crippen LogP contribution < -0.4 is 0 Å². The average molecular weight is 530 g/mol. The van der Waals surface area contributed by atoms with E-state index in [0.29, 0.717) is 38.0 Å². The van der Waals surface area contributed by atoms with Gasteiger partial charge in [-0.3, -0.25) is 19.8 Å². The van der Waals surface area contributed by atoms with Gasteiger partial charge in [0.25, 0.3) is 11.6 Å². The van der Waals surface area contributed by atoms with E-state index in [1.54, 1.807) is 17.0 Å². The Morgan fingerprint density at radius 2 is 1.83 bits per heavy atom. The number of ether oxygens (including phenoxy) is 1. The third kappa shape index (κ3) is 5.81. The van der Waals surface area contributed by atoms with Crippen molar-refractivity contribution in [3.05, 3.63) is 68.7 Å². The van der Waals surface area contributed by atoms with E-state index >= 15 is 0 Å². The van der Waals surface area contributed by atoms with Gasteiger partial charge < -0.3 is 9.64 Å². The van der Waals surface area contributed by atoms with Crippen molar-refractivity contribution < 1.29 is 32.4 Å². The third-order valence-electron chi connectivity index (χ3n) is 5.93. The quantitative estimate of drug-likeness (QED) is 0.289. The number of carbonyl (C=O) groups excluding carboxylic acids is 2. The number of nitro benzene ring substituents is 1. The van der Waals surface area contributed by atoms with Crippen LogP contribution in [0.15, 0.2) is 47.4 Å². The number of carbonyl (C=O) groups is 2. The summed E-state index contributed by atoms with van der Waals surface area (Å²) >= 11 is 5.88. The standard InChI is InChI=1S/C22H19ClF3N3O5S/c23-18-11-15(29(32)33)3-6-17(18)19(30)27-9-7-21(8-10-27)13-28(20(31)34-21)12-14-1-4-16(5-2-14)35-22(24,25)26/h1-6,11H,7-10,12-13H2. The van der Waals surface area contributed by atoms with Gasteiger partial charge in [0.05, 0.1) is 22.1 Å². The number of non-ortho nitro benzene ring substituents is 1. The van der Waals surface area contributed by atoms with Gasteiger partial charge in [0.2, 0.25) is 0 Å². The molecular weight excluding hydrogens is 511 g/mol. The van der Waals surface area contributed by atoms with Crippen LogP contribution >= 0.6 is 23.4 Å². The number of benzene rings is 2. The molecule has 2 aromatic carbocycles. The molecule has 2 aliphatic heterocycles. The molecule has 8 nitrogen and oxygen atoms in total. The van der Waals surface area contributed by atoms with Crippen LogP contribution in [0, 0.1) is 10.1 Å². The highest BCUT2D eigenvalue weighted by atomic mass is 35.5. The zero-order valence-corrected chi connectivity index (χ0v) is 19.7. The topological polar surface area (TPSA) is 93.0 Å². The predicted molar refractivity (Wildman–Crippen MR) is 121 cm³/mol. The van der Waals surface area contributed by atoms with Crippen molar-refractivity contribution in [2.75, 3.05) is 19.6 Å². The molecule has 13 heteroatoms. The van der Waals surface area contributed by atoms with Crippen LogP contribution in [-0.2, 0) is 11.3 Å². The zero-order chi connectivity index (χ0) is 25.4. The number of nitro groups is 1. The first-order valence-corrected chi connectivity index (χ1v) is 11.7. The molecule has 0 N–H and O–H groups in total. The van der Waals surface area contributed by atoms with Crippen LogP contribution in [0.2, 0.25) is 5.02 Å². The molecule has 0 aromatic heterocycles. The maximum atomic E-state index is 12.9. The van der Waals surface area contributed by atoms with Crippen LogP contribution in [0.4, 0.5) is 23.7 Å². The summed E-state index contributed by atoms with van der Waals surface area (Å²) in [7, 11) is 0. The van der Waals surface area contributed by atoms with Gasteiger partial charge in [-0.15, -0.1) is 0 Å². The Bertz CT molecular complexity index is 1150. The molecular formula is C22H19ClF3N3O5S. The molecule has 2 heterocycles. The molecule has 0 atom stereocenters. The summed E-state index contributed by atoms with van der Waals surface area (Å²) in [6, 6.07) is 9.48. The normalized spacial score (nSPS) is 17.5. The molecule has 2 saturated heterocycles. The lowest BCUT2D eigenvalue weighted by Gasteiger charge is -2.37. The Hall–Kier alpha value is -2.99. The second-order valence-corrected chi connectivity index (χ2v) is 9.86. The Labute approximate surface area is 207 Å². The Balaban J connectivity index is 1.35. The smallest absolute Gasteiger partial charge is 0.441 e. The van der Waals surface area contributed by atoms with E-state index < -0.39 is 22.1 Å². The van der Waals surface area contributed by atoms with Crippen molar-refractivity contribution in [2.24, 2.45) is 0 Å². The number of amides is 2. The number of alkyl halides is 3. The van der Waals surface area contributed by atoms with Gasteiger partial charge >= 0.3 is 11.6 Å². The maximum absolute atomic E-state index is 12.9. The zero-order valence-electron chi connectivity index (χ0n) is 18.1. The minimum Gasteiger partial charge on any atom is -0.441 e. The lowest BCUT2D eigenvalue weighted by atomic mass is 9.91. The molecule has 2 aliphatic rings. The maximum Gasteiger partial charge on any atom is 0.446 e. The van der Waals surface area contributed by atoms with E-state index in [2.05, 4.69) is 0 Å². The van der Waals surface area contributed by atoms with Gasteiger partial charge in [-0.2, -0.15) is 13.2 Å². The monoisotopic (exact) mass is 529 g/mol. The third-order valence-corrected chi connectivity index (χ3v) is 6.98. The fourth-order valence-electron chi connectivity index (χ4n) is 4.17. The summed E-state index contributed by atoms with van der Waals surface area (Å²) in [5.41, 5.74) is -4.52. The Kier molecular flexibility index (Phi) is 6.87. The molecule has 0 radical (unpaired) electrons. The molecule has 0 aliphatic carbocycles. The first-order chi connectivity index (χ1) is 16.4. The van der Waals surface area contributed by atoms with Crippen molar-refractivity contribution in [1.82, 2.24) is 9.80 Å². The van der Waals surface area contributed by atoms with Gasteiger partial charge in [0, 0.05) is 49.5 Å². The molecule has 0 unspecified atom stereocenters. The van der Waals surface area contributed by atoms with Crippen molar-refractivity contribution in [2.45, 2.75) is 35.4 Å². The highest BCUT2D eigenvalue weighted by Crippen LogP contribution is 2.38. The molecule has 4 rings (SSSR count). The minimum absolute atomic E-state index is 0.0115. The summed E-state index contributed by atoms with van der Waals surface area (Å²) in [6.07, 6.45) is 0.274. The number of piperidine rings is 1. The second-order valence-electron chi connectivity index (χ2n) is 8.31. The highest BCUT2D eigenvalue weighted by molar-refractivity contribution is 8.00. The average Bonchev–Trinajstić information content (AvgIpc) is 3.08. The number of hydrogen-bond donors (Lipinski definition) is 0. The largest absolute Gasteiger partial charge is 0.446 e. The molecule has 35 heavy (non-hydrogen) atoms. The van der Waals surface area contributed by atoms with Gasteiger partial charge in [0.15, 0.2) is 0 Å². The predicted octanol–water partition coefficient (Wildman–Crippen LogP) is 5.49. The highest BCUT2D eigenvalue weighted by Gasteiger charge is 2.47. The van der Waals surface area contributed by atoms with Gasteiger partial charge in [-0.1, -0.05) is 23.7 Å².